The van der Waals surface area contributed by atoms with Crippen LogP contribution in [-0.4, -0.2) is 89.3 Å². The zero-order valence-electron chi connectivity index (χ0n) is 21.4. The molecule has 1 amide bonds. The van der Waals surface area contributed by atoms with Crippen LogP contribution in [0.15, 0.2) is 47.4 Å². The highest BCUT2D eigenvalue weighted by molar-refractivity contribution is 7.92. The number of hydrogen-bond acceptors (Lipinski definition) is 8. The smallest absolute Gasteiger partial charge is 0.258 e. The first kappa shape index (κ1) is 28.7. The number of carbonyl (C=O) groups excluding carboxylic acids is 1. The predicted molar refractivity (Wildman–Crippen MR) is 139 cm³/mol. The van der Waals surface area contributed by atoms with Gasteiger partial charge in [-0.15, -0.1) is 0 Å². The van der Waals surface area contributed by atoms with Crippen molar-refractivity contribution in [2.75, 3.05) is 44.8 Å². The number of anilines is 1. The quantitative estimate of drug-likeness (QED) is 0.475. The summed E-state index contributed by atoms with van der Waals surface area (Å²) in [5.41, 5.74) is 0.163. The fourth-order valence-electron chi connectivity index (χ4n) is 4.02. The number of nitrogens with one attached hydrogen (secondary N) is 1. The molecule has 3 atom stereocenters. The monoisotopic (exact) mass is 555 g/mol. The Balaban J connectivity index is 2.03. The van der Waals surface area contributed by atoms with Gasteiger partial charge in [-0.3, -0.25) is 9.52 Å². The van der Waals surface area contributed by atoms with Gasteiger partial charge in [0.1, 0.15) is 11.9 Å². The molecule has 11 nitrogen and oxygen atoms in total. The molecule has 1 aliphatic heterocycles. The van der Waals surface area contributed by atoms with Crippen LogP contribution < -0.4 is 14.2 Å². The van der Waals surface area contributed by atoms with E-state index in [-0.39, 0.29) is 47.5 Å². The molecule has 0 unspecified atom stereocenters. The second kappa shape index (κ2) is 11.3. The number of sulfonamides is 2. The van der Waals surface area contributed by atoms with Gasteiger partial charge in [0.2, 0.25) is 20.0 Å². The second-order valence-corrected chi connectivity index (χ2v) is 12.9. The van der Waals surface area contributed by atoms with Gasteiger partial charge in [-0.25, -0.2) is 16.8 Å². The molecule has 0 saturated heterocycles. The van der Waals surface area contributed by atoms with Gasteiger partial charge in [0.25, 0.3) is 5.91 Å². The Labute approximate surface area is 218 Å². The van der Waals surface area contributed by atoms with E-state index in [0.717, 1.165) is 10.6 Å². The molecule has 0 radical (unpaired) electrons. The van der Waals surface area contributed by atoms with Gasteiger partial charge in [0.15, 0.2) is 5.75 Å². The van der Waals surface area contributed by atoms with E-state index >= 15 is 0 Å². The molecule has 1 heterocycles. The molecule has 204 valence electrons. The number of hydrogen-bond donors (Lipinski definition) is 2. The lowest BCUT2D eigenvalue weighted by Crippen LogP contribution is -2.50. The maximum atomic E-state index is 13.4. The number of rotatable bonds is 9. The van der Waals surface area contributed by atoms with Crippen LogP contribution in [0.1, 0.15) is 24.2 Å². The Kier molecular flexibility index (Phi) is 8.73. The maximum absolute atomic E-state index is 13.4. The van der Waals surface area contributed by atoms with Gasteiger partial charge < -0.3 is 19.5 Å². The number of aliphatic hydroxyl groups excluding tert-OH is 1. The number of para-hydroxylation sites is 1. The molecule has 0 saturated carbocycles. The van der Waals surface area contributed by atoms with Crippen LogP contribution in [-0.2, 0) is 20.0 Å². The molecule has 2 aromatic rings. The summed E-state index contributed by atoms with van der Waals surface area (Å²) in [6.45, 7) is 3.32. The summed E-state index contributed by atoms with van der Waals surface area (Å²) in [7, 11) is -4.71. The van der Waals surface area contributed by atoms with E-state index < -0.39 is 38.1 Å². The Hall–Kier alpha value is -2.87. The lowest BCUT2D eigenvalue weighted by molar-refractivity contribution is 0.0389. The number of fused-ring (bicyclic) bond motifs is 1. The highest BCUT2D eigenvalue weighted by atomic mass is 32.2. The lowest BCUT2D eigenvalue weighted by atomic mass is 9.99. The summed E-state index contributed by atoms with van der Waals surface area (Å²) in [6.07, 6.45) is 0.216. The van der Waals surface area contributed by atoms with Crippen LogP contribution in [0, 0.1) is 5.92 Å². The molecule has 0 bridgehead atoms. The van der Waals surface area contributed by atoms with Gasteiger partial charge in [-0.1, -0.05) is 13.0 Å². The topological polar surface area (TPSA) is 143 Å². The molecular weight excluding hydrogens is 522 g/mol. The molecule has 3 rings (SSSR count). The molecule has 2 aromatic carbocycles. The summed E-state index contributed by atoms with van der Waals surface area (Å²) >= 11 is 0. The molecule has 0 fully saturated rings. The summed E-state index contributed by atoms with van der Waals surface area (Å²) in [6, 6.07) is 9.95. The molecule has 0 aliphatic carbocycles. The SMILES string of the molecule is COc1ccc(S(=O)(=O)N(C)C[C@H]2Oc3c(NS(C)(=O)=O)cccc3C(=O)N([C@H](C)CO)C[C@@H]2C)cc1. The average molecular weight is 556 g/mol. The molecule has 1 aliphatic rings. The predicted octanol–water partition coefficient (Wildman–Crippen LogP) is 1.61. The van der Waals surface area contributed by atoms with Gasteiger partial charge >= 0.3 is 0 Å². The van der Waals surface area contributed by atoms with Crippen molar-refractivity contribution in [2.45, 2.75) is 30.9 Å². The minimum absolute atomic E-state index is 0.000129. The van der Waals surface area contributed by atoms with Crippen molar-refractivity contribution in [3.63, 3.8) is 0 Å². The van der Waals surface area contributed by atoms with Crippen LogP contribution in [0.4, 0.5) is 5.69 Å². The van der Waals surface area contributed by atoms with Crippen LogP contribution in [0.2, 0.25) is 0 Å². The Morgan fingerprint density at radius 3 is 2.41 bits per heavy atom. The van der Waals surface area contributed by atoms with E-state index in [1.165, 1.54) is 49.4 Å². The van der Waals surface area contributed by atoms with Crippen molar-refractivity contribution in [3.05, 3.63) is 48.0 Å². The van der Waals surface area contributed by atoms with Gasteiger partial charge in [0.05, 0.1) is 48.7 Å². The van der Waals surface area contributed by atoms with Crippen molar-refractivity contribution in [1.29, 1.82) is 0 Å². The Morgan fingerprint density at radius 2 is 1.84 bits per heavy atom. The fraction of sp³-hybridized carbons (Fsp3) is 0.458. The summed E-state index contributed by atoms with van der Waals surface area (Å²) in [4.78, 5) is 15.0. The van der Waals surface area contributed by atoms with Crippen molar-refractivity contribution in [3.8, 4) is 11.5 Å². The van der Waals surface area contributed by atoms with Crippen LogP contribution >= 0.6 is 0 Å². The van der Waals surface area contributed by atoms with Crippen LogP contribution in [0.5, 0.6) is 11.5 Å². The fourth-order valence-corrected chi connectivity index (χ4v) is 5.76. The number of likely N-dealkylation sites (N-methyl/N-ethyl adjacent to an activating group) is 1. The van der Waals surface area contributed by atoms with Crippen molar-refractivity contribution in [2.24, 2.45) is 5.92 Å². The lowest BCUT2D eigenvalue weighted by Gasteiger charge is -2.38. The molecule has 37 heavy (non-hydrogen) atoms. The number of benzene rings is 2. The van der Waals surface area contributed by atoms with E-state index in [1.54, 1.807) is 26.0 Å². The number of aliphatic hydroxyl groups is 1. The first-order chi connectivity index (χ1) is 17.3. The second-order valence-electron chi connectivity index (χ2n) is 9.14. The van der Waals surface area contributed by atoms with Crippen molar-refractivity contribution in [1.82, 2.24) is 9.21 Å². The molecule has 13 heteroatoms. The van der Waals surface area contributed by atoms with Gasteiger partial charge in [-0.05, 0) is 43.3 Å². The third-order valence-electron chi connectivity index (χ3n) is 6.19. The molecule has 0 spiro atoms. The Bertz CT molecular complexity index is 1330. The third kappa shape index (κ3) is 6.53. The summed E-state index contributed by atoms with van der Waals surface area (Å²) < 4.78 is 65.4. The van der Waals surface area contributed by atoms with E-state index in [0.29, 0.717) is 5.75 Å². The third-order valence-corrected chi connectivity index (χ3v) is 8.62. The van der Waals surface area contributed by atoms with Gasteiger partial charge in [0, 0.05) is 19.5 Å². The molecule has 0 aromatic heterocycles. The van der Waals surface area contributed by atoms with E-state index in [1.807, 2.05) is 0 Å². The largest absolute Gasteiger partial charge is 0.497 e. The number of nitrogens with zero attached hydrogens (tertiary/aromatic N) is 2. The zero-order chi connectivity index (χ0) is 27.5. The highest BCUT2D eigenvalue weighted by Gasteiger charge is 2.36. The summed E-state index contributed by atoms with van der Waals surface area (Å²) in [5, 5.41) is 9.78. The van der Waals surface area contributed by atoms with Crippen molar-refractivity contribution < 1.29 is 36.2 Å². The first-order valence-electron chi connectivity index (χ1n) is 11.6. The number of carbonyl (C=O) groups is 1. The standard InChI is InChI=1S/C24H33N3O8S2/c1-16-13-27(17(2)15-28)24(29)20-7-6-8-21(25-36(5,30)31)23(20)35-22(16)14-26(3)37(32,33)19-11-9-18(34-4)10-12-19/h6-12,16-17,22,25,28H,13-15H2,1-5H3/t16-,17+,22+/m0/s1. The van der Waals surface area contributed by atoms with E-state index in [4.69, 9.17) is 9.47 Å². The van der Waals surface area contributed by atoms with Crippen molar-refractivity contribution >= 4 is 31.6 Å². The number of amides is 1. The number of ether oxygens (including phenoxy) is 2. The van der Waals surface area contributed by atoms with E-state index in [2.05, 4.69) is 4.72 Å². The van der Waals surface area contributed by atoms with Crippen LogP contribution in [0.3, 0.4) is 0 Å². The first-order valence-corrected chi connectivity index (χ1v) is 14.9. The minimum atomic E-state index is -3.90. The average Bonchev–Trinajstić information content (AvgIpc) is 2.85. The zero-order valence-corrected chi connectivity index (χ0v) is 23.0. The summed E-state index contributed by atoms with van der Waals surface area (Å²) in [5.74, 6) is -0.298. The van der Waals surface area contributed by atoms with E-state index in [9.17, 15) is 26.7 Å². The minimum Gasteiger partial charge on any atom is -0.497 e. The normalized spacial score (nSPS) is 19.4. The Morgan fingerprint density at radius 1 is 1.19 bits per heavy atom. The highest BCUT2D eigenvalue weighted by Crippen LogP contribution is 2.35. The molecular formula is C24H33N3O8S2. The molecule has 2 N–H and O–H groups in total. The van der Waals surface area contributed by atoms with Crippen LogP contribution in [0.25, 0.3) is 0 Å². The number of methoxy groups -OCH3 is 1. The van der Waals surface area contributed by atoms with Gasteiger partial charge in [-0.2, -0.15) is 4.31 Å². The maximum Gasteiger partial charge on any atom is 0.258 e.